The summed E-state index contributed by atoms with van der Waals surface area (Å²) in [7, 11) is 1.80. The zero-order valence-corrected chi connectivity index (χ0v) is 18.3. The first-order valence-corrected chi connectivity index (χ1v) is 10.9. The summed E-state index contributed by atoms with van der Waals surface area (Å²) >= 11 is 0. The summed E-state index contributed by atoms with van der Waals surface area (Å²) in [4.78, 5) is 37.6. The molecule has 4 bridgehead atoms. The van der Waals surface area contributed by atoms with E-state index in [1.54, 1.807) is 25.6 Å². The molecule has 0 radical (unpaired) electrons. The lowest BCUT2D eigenvalue weighted by Crippen LogP contribution is -2.56. The van der Waals surface area contributed by atoms with Crippen molar-refractivity contribution in [1.82, 2.24) is 15.1 Å². The third-order valence-electron chi connectivity index (χ3n) is 7.34. The molecule has 1 aromatic rings. The highest BCUT2D eigenvalue weighted by atomic mass is 16.5. The number of esters is 1. The number of ether oxygens (including phenoxy) is 1. The zero-order chi connectivity index (χ0) is 21.6. The number of hydrogen-bond donors (Lipinski definition) is 2. The van der Waals surface area contributed by atoms with Crippen LogP contribution in [0.15, 0.2) is 0 Å². The number of hydrogen-bond acceptors (Lipinski definition) is 5. The summed E-state index contributed by atoms with van der Waals surface area (Å²) in [6.07, 6.45) is 6.61. The molecule has 0 aromatic carbocycles. The minimum absolute atomic E-state index is 0.0166. The van der Waals surface area contributed by atoms with Gasteiger partial charge in [0.15, 0.2) is 6.61 Å². The van der Waals surface area contributed by atoms with Crippen LogP contribution in [0.25, 0.3) is 0 Å². The average Bonchev–Trinajstić information content (AvgIpc) is 2.91. The number of carbonyl (C=O) groups is 3. The molecule has 4 aliphatic carbocycles. The Balaban J connectivity index is 1.28. The molecular weight excluding hydrogens is 384 g/mol. The lowest BCUT2D eigenvalue weighted by Gasteiger charge is -2.55. The first-order valence-electron chi connectivity index (χ1n) is 10.9. The molecule has 1 heterocycles. The number of aryl methyl sites for hydroxylation is 2. The van der Waals surface area contributed by atoms with Crippen molar-refractivity contribution >= 4 is 23.5 Å². The molecule has 4 saturated carbocycles. The molecule has 0 spiro atoms. The molecule has 8 heteroatoms. The van der Waals surface area contributed by atoms with Crippen molar-refractivity contribution < 1.29 is 19.1 Å². The highest BCUT2D eigenvalue weighted by Gasteiger charge is 2.54. The highest BCUT2D eigenvalue weighted by Crippen LogP contribution is 2.60. The molecule has 8 nitrogen and oxygen atoms in total. The molecule has 164 valence electrons. The minimum Gasteiger partial charge on any atom is -0.454 e. The maximum absolute atomic E-state index is 13.1. The molecule has 4 aliphatic rings. The van der Waals surface area contributed by atoms with Crippen molar-refractivity contribution in [2.45, 2.75) is 65.3 Å². The molecule has 4 fully saturated rings. The van der Waals surface area contributed by atoms with Gasteiger partial charge >= 0.3 is 5.97 Å². The van der Waals surface area contributed by atoms with E-state index in [2.05, 4.69) is 15.7 Å². The second kappa shape index (κ2) is 7.71. The molecule has 30 heavy (non-hydrogen) atoms. The van der Waals surface area contributed by atoms with Gasteiger partial charge in [-0.05, 0) is 77.0 Å². The highest BCUT2D eigenvalue weighted by molar-refractivity contribution is 5.94. The van der Waals surface area contributed by atoms with E-state index in [-0.39, 0.29) is 11.3 Å². The van der Waals surface area contributed by atoms with Crippen LogP contribution >= 0.6 is 0 Å². The average molecular weight is 417 g/mol. The number of anilines is 1. The van der Waals surface area contributed by atoms with Gasteiger partial charge in [0.2, 0.25) is 5.91 Å². The Morgan fingerprint density at radius 2 is 1.70 bits per heavy atom. The summed E-state index contributed by atoms with van der Waals surface area (Å²) in [5, 5.41) is 9.85. The number of amides is 2. The van der Waals surface area contributed by atoms with E-state index in [0.717, 1.165) is 25.0 Å². The Kier molecular flexibility index (Phi) is 5.36. The van der Waals surface area contributed by atoms with Crippen LogP contribution < -0.4 is 10.6 Å². The van der Waals surface area contributed by atoms with Crippen molar-refractivity contribution in [1.29, 1.82) is 0 Å². The largest absolute Gasteiger partial charge is 0.454 e. The molecule has 1 atom stereocenters. The molecule has 2 amide bonds. The molecule has 0 aliphatic heterocycles. The number of rotatable bonds is 6. The summed E-state index contributed by atoms with van der Waals surface area (Å²) in [6.45, 7) is 4.87. The molecule has 0 saturated heterocycles. The fraction of sp³-hybridized carbons (Fsp3) is 0.727. The smallest absolute Gasteiger partial charge is 0.328 e. The predicted octanol–water partition coefficient (Wildman–Crippen LogP) is 2.24. The van der Waals surface area contributed by atoms with Crippen molar-refractivity contribution in [3.8, 4) is 0 Å². The zero-order valence-electron chi connectivity index (χ0n) is 18.3. The van der Waals surface area contributed by atoms with Crippen LogP contribution in [-0.2, 0) is 26.2 Å². The van der Waals surface area contributed by atoms with Gasteiger partial charge in [-0.15, -0.1) is 0 Å². The maximum atomic E-state index is 13.1. The first kappa shape index (κ1) is 20.9. The van der Waals surface area contributed by atoms with Crippen LogP contribution in [0.3, 0.4) is 0 Å². The van der Waals surface area contributed by atoms with Gasteiger partial charge in [0.05, 0.1) is 17.1 Å². The van der Waals surface area contributed by atoms with E-state index in [4.69, 9.17) is 4.74 Å². The van der Waals surface area contributed by atoms with Gasteiger partial charge in [0, 0.05) is 12.5 Å². The van der Waals surface area contributed by atoms with E-state index in [1.807, 2.05) is 6.92 Å². The van der Waals surface area contributed by atoms with Crippen LogP contribution in [0.1, 0.15) is 56.8 Å². The van der Waals surface area contributed by atoms with Crippen molar-refractivity contribution in [2.75, 3.05) is 11.9 Å². The van der Waals surface area contributed by atoms with E-state index in [9.17, 15) is 14.4 Å². The van der Waals surface area contributed by atoms with Gasteiger partial charge in [-0.1, -0.05) is 0 Å². The third-order valence-corrected chi connectivity index (χ3v) is 7.34. The molecule has 2 N–H and O–H groups in total. The second-order valence-corrected chi connectivity index (χ2v) is 9.72. The molecule has 0 unspecified atom stereocenters. The van der Waals surface area contributed by atoms with Gasteiger partial charge in [-0.3, -0.25) is 14.3 Å². The van der Waals surface area contributed by atoms with Gasteiger partial charge in [-0.2, -0.15) is 5.10 Å². The monoisotopic (exact) mass is 416 g/mol. The number of aromatic nitrogens is 2. The topological polar surface area (TPSA) is 102 Å². The summed E-state index contributed by atoms with van der Waals surface area (Å²) < 4.78 is 6.83. The first-order chi connectivity index (χ1) is 14.2. The summed E-state index contributed by atoms with van der Waals surface area (Å²) in [5.41, 5.74) is 1.84. The van der Waals surface area contributed by atoms with Gasteiger partial charge < -0.3 is 15.4 Å². The number of nitrogens with one attached hydrogen (secondary N) is 2. The van der Waals surface area contributed by atoms with E-state index in [1.165, 1.54) is 19.3 Å². The Labute approximate surface area is 177 Å². The minimum atomic E-state index is -0.778. The number of carbonyl (C=O) groups excluding carboxylic acids is 3. The van der Waals surface area contributed by atoms with E-state index in [0.29, 0.717) is 29.1 Å². The fourth-order valence-electron chi connectivity index (χ4n) is 6.19. The van der Waals surface area contributed by atoms with Crippen molar-refractivity contribution in [3.05, 3.63) is 11.4 Å². The maximum Gasteiger partial charge on any atom is 0.328 e. The fourth-order valence-corrected chi connectivity index (χ4v) is 6.19. The van der Waals surface area contributed by atoms with Crippen LogP contribution in [0.5, 0.6) is 0 Å². The quantitative estimate of drug-likeness (QED) is 0.693. The Hall–Kier alpha value is -2.38. The second-order valence-electron chi connectivity index (χ2n) is 9.72. The van der Waals surface area contributed by atoms with Gasteiger partial charge in [0.1, 0.15) is 6.04 Å². The Morgan fingerprint density at radius 3 is 2.20 bits per heavy atom. The summed E-state index contributed by atoms with van der Waals surface area (Å²) in [6, 6.07) is -0.778. The lowest BCUT2D eigenvalue weighted by molar-refractivity contribution is -0.154. The van der Waals surface area contributed by atoms with Crippen molar-refractivity contribution in [2.24, 2.45) is 30.2 Å². The van der Waals surface area contributed by atoms with E-state index >= 15 is 0 Å². The lowest BCUT2D eigenvalue weighted by atomic mass is 9.49. The van der Waals surface area contributed by atoms with Crippen LogP contribution in [0.2, 0.25) is 0 Å². The molecular formula is C22H32N4O4. The normalized spacial score (nSPS) is 30.1. The van der Waals surface area contributed by atoms with Gasteiger partial charge in [-0.25, -0.2) is 4.79 Å². The Bertz CT molecular complexity index is 839. The third kappa shape index (κ3) is 3.84. The summed E-state index contributed by atoms with van der Waals surface area (Å²) in [5.74, 6) is 0.939. The van der Waals surface area contributed by atoms with Crippen LogP contribution in [0, 0.1) is 37.0 Å². The van der Waals surface area contributed by atoms with Crippen LogP contribution in [-0.4, -0.2) is 40.2 Å². The SMILES string of the molecule is Cc1nn(C)c(C)c1NC(=O)COC(=O)[C@H](C)NC(=O)C12CC3CC(CC(C3)C1)C2. The van der Waals surface area contributed by atoms with E-state index < -0.39 is 24.5 Å². The standard InChI is InChI=1S/C22H32N4O4/c1-12-19(14(3)26(4)25-12)24-18(27)11-30-20(28)13(2)23-21(29)22-8-15-5-16(9-22)7-17(6-15)10-22/h13,15-17H,5-11H2,1-4H3,(H,23,29)(H,24,27)/t13-,15?,16?,17?,22?/m0/s1. The van der Waals surface area contributed by atoms with Crippen LogP contribution in [0.4, 0.5) is 5.69 Å². The molecule has 5 rings (SSSR count). The van der Waals surface area contributed by atoms with Gasteiger partial charge in [0.25, 0.3) is 5.91 Å². The van der Waals surface area contributed by atoms with Crippen molar-refractivity contribution in [3.63, 3.8) is 0 Å². The molecule has 1 aromatic heterocycles. The number of nitrogens with zero attached hydrogens (tertiary/aromatic N) is 2. The Morgan fingerprint density at radius 1 is 1.13 bits per heavy atom. The predicted molar refractivity (Wildman–Crippen MR) is 110 cm³/mol.